The van der Waals surface area contributed by atoms with Crippen LogP contribution in [0.4, 0.5) is 0 Å². The molecule has 1 aromatic heterocycles. The fourth-order valence-corrected chi connectivity index (χ4v) is 3.77. The van der Waals surface area contributed by atoms with Gasteiger partial charge in [-0.3, -0.25) is 9.69 Å². The third-order valence-electron chi connectivity index (χ3n) is 5.40. The maximum atomic E-state index is 12.3. The predicted octanol–water partition coefficient (Wildman–Crippen LogP) is 4.47. The molecule has 1 unspecified atom stereocenters. The van der Waals surface area contributed by atoms with Gasteiger partial charge in [0.1, 0.15) is 0 Å². The molecule has 1 saturated heterocycles. The Balaban J connectivity index is 1.51. The van der Waals surface area contributed by atoms with Crippen LogP contribution in [-0.4, -0.2) is 40.6 Å². The minimum atomic E-state index is 0.0222. The second kappa shape index (κ2) is 10.0. The minimum Gasteiger partial charge on any atom is -0.419 e. The first kappa shape index (κ1) is 20.8. The molecule has 0 bridgehead atoms. The van der Waals surface area contributed by atoms with Crippen molar-refractivity contribution in [3.05, 3.63) is 35.2 Å². The van der Waals surface area contributed by atoms with E-state index >= 15 is 0 Å². The lowest BCUT2D eigenvalue weighted by Crippen LogP contribution is -2.41. The van der Waals surface area contributed by atoms with Gasteiger partial charge in [0.15, 0.2) is 0 Å². The number of nitrogens with one attached hydrogen (secondary N) is 1. The summed E-state index contributed by atoms with van der Waals surface area (Å²) in [5.74, 6) is 1.38. The molecular formula is C21H29ClN4O2. The third-order valence-corrected chi connectivity index (χ3v) is 5.63. The van der Waals surface area contributed by atoms with Gasteiger partial charge in [-0.25, -0.2) is 0 Å². The second-order valence-corrected chi connectivity index (χ2v) is 7.88. The number of aromatic nitrogens is 2. The van der Waals surface area contributed by atoms with Gasteiger partial charge >= 0.3 is 0 Å². The van der Waals surface area contributed by atoms with Gasteiger partial charge in [0.2, 0.25) is 17.7 Å². The van der Waals surface area contributed by atoms with Crippen molar-refractivity contribution < 1.29 is 9.21 Å². The molecule has 2 heterocycles. The monoisotopic (exact) mass is 404 g/mol. The Hall–Kier alpha value is -1.92. The van der Waals surface area contributed by atoms with Crippen LogP contribution < -0.4 is 5.32 Å². The molecule has 6 nitrogen and oxygen atoms in total. The normalized spacial score (nSPS) is 16.8. The third kappa shape index (κ3) is 5.32. The molecule has 28 heavy (non-hydrogen) atoms. The van der Waals surface area contributed by atoms with Crippen molar-refractivity contribution in [2.75, 3.05) is 19.6 Å². The summed E-state index contributed by atoms with van der Waals surface area (Å²) in [7, 11) is 0. The number of benzene rings is 1. The molecule has 3 rings (SSSR count). The molecule has 1 fully saturated rings. The van der Waals surface area contributed by atoms with Crippen LogP contribution in [0, 0.1) is 5.92 Å². The number of hydrogen-bond acceptors (Lipinski definition) is 5. The van der Waals surface area contributed by atoms with E-state index in [1.165, 1.54) is 6.42 Å². The van der Waals surface area contributed by atoms with Crippen LogP contribution >= 0.6 is 11.6 Å². The number of carbonyl (C=O) groups excluding carboxylic acids is 1. The fourth-order valence-electron chi connectivity index (χ4n) is 3.58. The van der Waals surface area contributed by atoms with E-state index in [0.29, 0.717) is 16.8 Å². The number of rotatable bonds is 8. The minimum absolute atomic E-state index is 0.0222. The van der Waals surface area contributed by atoms with E-state index in [-0.39, 0.29) is 17.9 Å². The SMILES string of the molecule is CCCCCNC(=O)C1CCN(C(C)c2nnc(-c3cccc(Cl)c3)o2)CC1. The molecule has 1 amide bonds. The summed E-state index contributed by atoms with van der Waals surface area (Å²) >= 11 is 6.04. The van der Waals surface area contributed by atoms with Crippen LogP contribution in [0.25, 0.3) is 11.5 Å². The molecule has 0 spiro atoms. The number of likely N-dealkylation sites (tertiary alicyclic amines) is 1. The highest BCUT2D eigenvalue weighted by Gasteiger charge is 2.29. The van der Waals surface area contributed by atoms with Gasteiger partial charge in [-0.05, 0) is 57.5 Å². The Morgan fingerprint density at radius 2 is 2.11 bits per heavy atom. The lowest BCUT2D eigenvalue weighted by molar-refractivity contribution is -0.126. The van der Waals surface area contributed by atoms with Gasteiger partial charge in [0.25, 0.3) is 0 Å². The Bertz CT molecular complexity index is 771. The largest absolute Gasteiger partial charge is 0.419 e. The van der Waals surface area contributed by atoms with Crippen molar-refractivity contribution in [1.82, 2.24) is 20.4 Å². The van der Waals surface area contributed by atoms with E-state index in [1.54, 1.807) is 0 Å². The lowest BCUT2D eigenvalue weighted by atomic mass is 9.95. The summed E-state index contributed by atoms with van der Waals surface area (Å²) < 4.78 is 5.89. The molecule has 0 saturated carbocycles. The van der Waals surface area contributed by atoms with E-state index in [2.05, 4.69) is 34.3 Å². The molecule has 1 aromatic carbocycles. The van der Waals surface area contributed by atoms with Crippen LogP contribution in [0.1, 0.15) is 57.9 Å². The number of unbranched alkanes of at least 4 members (excludes halogenated alkanes) is 2. The highest BCUT2D eigenvalue weighted by atomic mass is 35.5. The molecule has 0 radical (unpaired) electrons. The Labute approximate surface area is 171 Å². The second-order valence-electron chi connectivity index (χ2n) is 7.44. The molecule has 1 aliphatic heterocycles. The zero-order chi connectivity index (χ0) is 19.9. The summed E-state index contributed by atoms with van der Waals surface area (Å²) in [6.45, 7) is 6.73. The summed E-state index contributed by atoms with van der Waals surface area (Å²) in [6.07, 6.45) is 5.11. The summed E-state index contributed by atoms with van der Waals surface area (Å²) in [5.41, 5.74) is 0.817. The maximum Gasteiger partial charge on any atom is 0.247 e. The molecule has 7 heteroatoms. The van der Waals surface area contributed by atoms with Crippen molar-refractivity contribution in [2.24, 2.45) is 5.92 Å². The molecule has 0 aliphatic carbocycles. The molecule has 152 valence electrons. The molecular weight excluding hydrogens is 376 g/mol. The van der Waals surface area contributed by atoms with Crippen molar-refractivity contribution in [3.8, 4) is 11.5 Å². The number of amides is 1. The number of piperidine rings is 1. The molecule has 2 aromatic rings. The van der Waals surface area contributed by atoms with Crippen molar-refractivity contribution >= 4 is 17.5 Å². The van der Waals surface area contributed by atoms with E-state index in [9.17, 15) is 4.79 Å². The van der Waals surface area contributed by atoms with Crippen molar-refractivity contribution in [1.29, 1.82) is 0 Å². The molecule has 1 N–H and O–H groups in total. The Morgan fingerprint density at radius 3 is 2.82 bits per heavy atom. The zero-order valence-corrected chi connectivity index (χ0v) is 17.4. The Kier molecular flexibility index (Phi) is 7.45. The number of carbonyl (C=O) groups is 1. The standard InChI is InChI=1S/C21H29ClN4O2/c1-3-4-5-11-23-19(27)16-9-12-26(13-10-16)15(2)20-24-25-21(28-20)17-7-6-8-18(22)14-17/h6-8,14-16H,3-5,9-13H2,1-2H3,(H,23,27). The number of nitrogens with zero attached hydrogens (tertiary/aromatic N) is 3. The zero-order valence-electron chi connectivity index (χ0n) is 16.7. The van der Waals surface area contributed by atoms with Gasteiger partial charge in [0.05, 0.1) is 6.04 Å². The van der Waals surface area contributed by atoms with E-state index < -0.39 is 0 Å². The first-order valence-corrected chi connectivity index (χ1v) is 10.6. The van der Waals surface area contributed by atoms with Crippen LogP contribution in [0.3, 0.4) is 0 Å². The van der Waals surface area contributed by atoms with E-state index in [1.807, 2.05) is 24.3 Å². The first-order chi connectivity index (χ1) is 13.6. The van der Waals surface area contributed by atoms with Gasteiger partial charge in [-0.2, -0.15) is 0 Å². The van der Waals surface area contributed by atoms with Crippen molar-refractivity contribution in [3.63, 3.8) is 0 Å². The lowest BCUT2D eigenvalue weighted by Gasteiger charge is -2.34. The van der Waals surface area contributed by atoms with Crippen LogP contribution in [0.5, 0.6) is 0 Å². The average Bonchev–Trinajstić information content (AvgIpc) is 3.21. The van der Waals surface area contributed by atoms with Gasteiger partial charge in [-0.1, -0.05) is 37.4 Å². The van der Waals surface area contributed by atoms with Crippen molar-refractivity contribution in [2.45, 2.75) is 52.0 Å². The summed E-state index contributed by atoms with van der Waals surface area (Å²) in [6, 6.07) is 7.42. The number of halogens is 1. The maximum absolute atomic E-state index is 12.3. The van der Waals surface area contributed by atoms with Crippen LogP contribution in [0.15, 0.2) is 28.7 Å². The highest BCUT2D eigenvalue weighted by molar-refractivity contribution is 6.30. The number of hydrogen-bond donors (Lipinski definition) is 1. The summed E-state index contributed by atoms with van der Waals surface area (Å²) in [5, 5.41) is 12.1. The molecule has 1 atom stereocenters. The van der Waals surface area contributed by atoms with E-state index in [0.717, 1.165) is 50.9 Å². The first-order valence-electron chi connectivity index (χ1n) is 10.2. The van der Waals surface area contributed by atoms with Gasteiger partial charge in [0, 0.05) is 23.0 Å². The predicted molar refractivity (Wildman–Crippen MR) is 110 cm³/mol. The smallest absolute Gasteiger partial charge is 0.247 e. The van der Waals surface area contributed by atoms with Gasteiger partial charge in [-0.15, -0.1) is 10.2 Å². The topological polar surface area (TPSA) is 71.3 Å². The highest BCUT2D eigenvalue weighted by Crippen LogP contribution is 2.28. The van der Waals surface area contributed by atoms with E-state index in [4.69, 9.17) is 16.0 Å². The van der Waals surface area contributed by atoms with Crippen LogP contribution in [-0.2, 0) is 4.79 Å². The van der Waals surface area contributed by atoms with Gasteiger partial charge < -0.3 is 9.73 Å². The van der Waals surface area contributed by atoms with Crippen LogP contribution in [0.2, 0.25) is 5.02 Å². The summed E-state index contributed by atoms with van der Waals surface area (Å²) in [4.78, 5) is 14.6. The fraction of sp³-hybridized carbons (Fsp3) is 0.571. The Morgan fingerprint density at radius 1 is 1.32 bits per heavy atom. The average molecular weight is 405 g/mol. The quantitative estimate of drug-likeness (QED) is 0.657. The molecule has 1 aliphatic rings.